The van der Waals surface area contributed by atoms with E-state index < -0.39 is 0 Å². The van der Waals surface area contributed by atoms with E-state index in [-0.39, 0.29) is 11.1 Å². The summed E-state index contributed by atoms with van der Waals surface area (Å²) in [4.78, 5) is 0. The molecule has 0 amide bonds. The highest BCUT2D eigenvalue weighted by molar-refractivity contribution is 7.99. The maximum Gasteiger partial charge on any atom is 0.191 e. The molecule has 0 bridgehead atoms. The first kappa shape index (κ1) is 14.8. The lowest BCUT2D eigenvalue weighted by atomic mass is 10.2. The zero-order valence-electron chi connectivity index (χ0n) is 12.4. The molecule has 1 aromatic heterocycles. The topological polar surface area (TPSA) is 30.7 Å². The number of aromatic nitrogens is 3. The van der Waals surface area contributed by atoms with Gasteiger partial charge in [-0.25, -0.2) is 4.39 Å². The van der Waals surface area contributed by atoms with Crippen LogP contribution in [0.1, 0.15) is 17.7 Å². The van der Waals surface area contributed by atoms with Crippen LogP contribution in [-0.4, -0.2) is 14.8 Å². The van der Waals surface area contributed by atoms with Crippen molar-refractivity contribution in [2.45, 2.75) is 17.3 Å². The summed E-state index contributed by atoms with van der Waals surface area (Å²) in [5, 5.41) is 9.62. The fraction of sp³-hybridized carbons (Fsp3) is 0.176. The molecule has 0 radical (unpaired) electrons. The minimum absolute atomic E-state index is 0.252. The van der Waals surface area contributed by atoms with Gasteiger partial charge in [0.05, 0.1) is 0 Å². The van der Waals surface area contributed by atoms with Crippen LogP contribution in [0.3, 0.4) is 0 Å². The first-order chi connectivity index (χ1) is 10.6. The summed E-state index contributed by atoms with van der Waals surface area (Å²) in [6.45, 7) is 2.15. The predicted octanol–water partition coefficient (Wildman–Crippen LogP) is 4.47. The summed E-state index contributed by atoms with van der Waals surface area (Å²) in [6.07, 6.45) is 0. The third kappa shape index (κ3) is 3.04. The summed E-state index contributed by atoms with van der Waals surface area (Å²) in [5.41, 5.74) is 2.11. The van der Waals surface area contributed by atoms with Crippen LogP contribution in [-0.2, 0) is 7.05 Å². The van der Waals surface area contributed by atoms with Crippen LogP contribution in [0.2, 0.25) is 0 Å². The Morgan fingerprint density at radius 1 is 1.00 bits per heavy atom. The van der Waals surface area contributed by atoms with Gasteiger partial charge < -0.3 is 4.57 Å². The lowest BCUT2D eigenvalue weighted by Crippen LogP contribution is -1.97. The maximum atomic E-state index is 13.0. The zero-order valence-corrected chi connectivity index (χ0v) is 13.2. The number of hydrogen-bond acceptors (Lipinski definition) is 3. The molecule has 112 valence electrons. The van der Waals surface area contributed by atoms with Gasteiger partial charge in [0.15, 0.2) is 11.0 Å². The van der Waals surface area contributed by atoms with Crippen LogP contribution in [0.15, 0.2) is 59.8 Å². The monoisotopic (exact) mass is 313 g/mol. The van der Waals surface area contributed by atoms with Crippen molar-refractivity contribution in [2.24, 2.45) is 7.05 Å². The summed E-state index contributed by atoms with van der Waals surface area (Å²) in [7, 11) is 1.93. The molecule has 0 saturated carbocycles. The van der Waals surface area contributed by atoms with E-state index in [2.05, 4.69) is 29.3 Å². The van der Waals surface area contributed by atoms with Gasteiger partial charge in [-0.1, -0.05) is 42.1 Å². The van der Waals surface area contributed by atoms with Crippen LogP contribution < -0.4 is 0 Å². The molecule has 0 fully saturated rings. The van der Waals surface area contributed by atoms with Gasteiger partial charge in [-0.15, -0.1) is 10.2 Å². The molecule has 0 N–H and O–H groups in total. The van der Waals surface area contributed by atoms with Gasteiger partial charge in [0.1, 0.15) is 5.82 Å². The number of nitrogens with zero attached hydrogens (tertiary/aromatic N) is 3. The average molecular weight is 313 g/mol. The Balaban J connectivity index is 1.83. The molecule has 22 heavy (non-hydrogen) atoms. The molecular weight excluding hydrogens is 297 g/mol. The third-order valence-electron chi connectivity index (χ3n) is 3.49. The molecule has 1 atom stereocenters. The quantitative estimate of drug-likeness (QED) is 0.666. The van der Waals surface area contributed by atoms with Crippen molar-refractivity contribution in [3.63, 3.8) is 0 Å². The lowest BCUT2D eigenvalue weighted by Gasteiger charge is -2.11. The number of halogens is 1. The maximum absolute atomic E-state index is 13.0. The van der Waals surface area contributed by atoms with Crippen LogP contribution in [0, 0.1) is 5.82 Å². The number of rotatable bonds is 4. The van der Waals surface area contributed by atoms with Crippen LogP contribution in [0.5, 0.6) is 0 Å². The fourth-order valence-corrected chi connectivity index (χ4v) is 3.16. The largest absolute Gasteiger partial charge is 0.305 e. The van der Waals surface area contributed by atoms with Gasteiger partial charge in [-0.3, -0.25) is 0 Å². The lowest BCUT2D eigenvalue weighted by molar-refractivity contribution is 0.628. The third-order valence-corrected chi connectivity index (χ3v) is 4.68. The standard InChI is InChI=1S/C17H16FN3S/c1-12(13-6-4-3-5-7-13)22-17-20-19-16(21(17)2)14-8-10-15(18)11-9-14/h3-12H,1-2H3. The van der Waals surface area contributed by atoms with Crippen LogP contribution in [0.4, 0.5) is 4.39 Å². The Morgan fingerprint density at radius 2 is 1.68 bits per heavy atom. The molecule has 1 heterocycles. The van der Waals surface area contributed by atoms with E-state index in [4.69, 9.17) is 0 Å². The van der Waals surface area contributed by atoms with E-state index in [9.17, 15) is 4.39 Å². The molecule has 1 unspecified atom stereocenters. The van der Waals surface area contributed by atoms with E-state index in [1.807, 2.05) is 29.8 Å². The van der Waals surface area contributed by atoms with E-state index in [0.717, 1.165) is 16.5 Å². The summed E-state index contributed by atoms with van der Waals surface area (Å²) >= 11 is 1.66. The molecule has 0 aliphatic heterocycles. The number of hydrogen-bond donors (Lipinski definition) is 0. The first-order valence-corrected chi connectivity index (χ1v) is 7.90. The van der Waals surface area contributed by atoms with Crippen molar-refractivity contribution < 1.29 is 4.39 Å². The van der Waals surface area contributed by atoms with Crippen molar-refractivity contribution in [1.29, 1.82) is 0 Å². The number of benzene rings is 2. The normalized spacial score (nSPS) is 12.3. The Bertz CT molecular complexity index is 753. The SMILES string of the molecule is CC(Sc1nnc(-c2ccc(F)cc2)n1C)c1ccccc1. The Hall–Kier alpha value is -2.14. The molecule has 3 aromatic rings. The van der Waals surface area contributed by atoms with E-state index >= 15 is 0 Å². The van der Waals surface area contributed by atoms with Crippen LogP contribution >= 0.6 is 11.8 Å². The second-order valence-electron chi connectivity index (χ2n) is 5.04. The highest BCUT2D eigenvalue weighted by Gasteiger charge is 2.15. The van der Waals surface area contributed by atoms with E-state index in [0.29, 0.717) is 0 Å². The molecular formula is C17H16FN3S. The van der Waals surface area contributed by atoms with Crippen molar-refractivity contribution >= 4 is 11.8 Å². The highest BCUT2D eigenvalue weighted by atomic mass is 32.2. The zero-order chi connectivity index (χ0) is 15.5. The molecule has 0 saturated heterocycles. The van der Waals surface area contributed by atoms with Crippen molar-refractivity contribution in [3.05, 3.63) is 66.0 Å². The molecule has 2 aromatic carbocycles. The van der Waals surface area contributed by atoms with Crippen molar-refractivity contribution in [3.8, 4) is 11.4 Å². The van der Waals surface area contributed by atoms with Crippen molar-refractivity contribution in [2.75, 3.05) is 0 Å². The minimum atomic E-state index is -0.252. The van der Waals surface area contributed by atoms with Gasteiger partial charge >= 0.3 is 0 Å². The Morgan fingerprint density at radius 3 is 2.36 bits per heavy atom. The average Bonchev–Trinajstić information content (AvgIpc) is 2.90. The van der Waals surface area contributed by atoms with Gasteiger partial charge in [0.25, 0.3) is 0 Å². The second kappa shape index (κ2) is 6.32. The summed E-state index contributed by atoms with van der Waals surface area (Å²) < 4.78 is 15.0. The van der Waals surface area contributed by atoms with E-state index in [1.54, 1.807) is 23.9 Å². The van der Waals surface area contributed by atoms with Gasteiger partial charge in [-0.2, -0.15) is 0 Å². The second-order valence-corrected chi connectivity index (χ2v) is 6.35. The molecule has 3 rings (SSSR count). The molecule has 0 aliphatic carbocycles. The predicted molar refractivity (Wildman–Crippen MR) is 87.1 cm³/mol. The summed E-state index contributed by atoms with van der Waals surface area (Å²) in [5.74, 6) is 0.487. The van der Waals surface area contributed by atoms with Gasteiger partial charge in [-0.05, 0) is 36.8 Å². The first-order valence-electron chi connectivity index (χ1n) is 7.02. The molecule has 5 heteroatoms. The van der Waals surface area contributed by atoms with Crippen LogP contribution in [0.25, 0.3) is 11.4 Å². The summed E-state index contributed by atoms with van der Waals surface area (Å²) in [6, 6.07) is 16.6. The van der Waals surface area contributed by atoms with Crippen molar-refractivity contribution in [1.82, 2.24) is 14.8 Å². The molecule has 0 aliphatic rings. The smallest absolute Gasteiger partial charge is 0.191 e. The Kier molecular flexibility index (Phi) is 4.24. The molecule has 3 nitrogen and oxygen atoms in total. The highest BCUT2D eigenvalue weighted by Crippen LogP contribution is 2.34. The van der Waals surface area contributed by atoms with Gasteiger partial charge in [0, 0.05) is 17.9 Å². The van der Waals surface area contributed by atoms with Gasteiger partial charge in [0.2, 0.25) is 0 Å². The molecule has 0 spiro atoms. The fourth-order valence-electron chi connectivity index (χ4n) is 2.22. The number of thioether (sulfide) groups is 1. The Labute approximate surface area is 133 Å². The minimum Gasteiger partial charge on any atom is -0.305 e. The van der Waals surface area contributed by atoms with E-state index in [1.165, 1.54) is 17.7 Å².